The second-order valence-corrected chi connectivity index (χ2v) is 6.54. The molecule has 0 radical (unpaired) electrons. The number of ketones is 1. The van der Waals surface area contributed by atoms with E-state index < -0.39 is 11.7 Å². The van der Waals surface area contributed by atoms with Crippen molar-refractivity contribution >= 4 is 5.78 Å². The molecule has 1 aliphatic heterocycles. The van der Waals surface area contributed by atoms with Crippen molar-refractivity contribution in [2.24, 2.45) is 13.0 Å². The minimum absolute atomic E-state index is 0.142. The molecular weight excluding hydrogens is 331 g/mol. The second kappa shape index (κ2) is 7.00. The zero-order valence-corrected chi connectivity index (χ0v) is 14.0. The van der Waals surface area contributed by atoms with Gasteiger partial charge in [-0.1, -0.05) is 12.1 Å². The van der Waals surface area contributed by atoms with Gasteiger partial charge in [0.1, 0.15) is 0 Å². The minimum atomic E-state index is -4.44. The number of nitrogens with zero attached hydrogens (tertiary/aromatic N) is 3. The smallest absolute Gasteiger partial charge is 0.298 e. The topological polar surface area (TPSA) is 38.1 Å². The fraction of sp³-hybridized carbons (Fsp3) is 0.444. The molecule has 0 bridgehead atoms. The highest BCUT2D eigenvalue weighted by Crippen LogP contribution is 2.30. The normalized spacial score (nSPS) is 19.1. The maximum atomic E-state index is 12.9. The van der Waals surface area contributed by atoms with Crippen LogP contribution in [0.4, 0.5) is 13.2 Å². The van der Waals surface area contributed by atoms with Crippen molar-refractivity contribution in [2.75, 3.05) is 13.1 Å². The van der Waals surface area contributed by atoms with E-state index in [1.54, 1.807) is 10.9 Å². The first-order chi connectivity index (χ1) is 11.8. The molecule has 1 saturated heterocycles. The van der Waals surface area contributed by atoms with Gasteiger partial charge in [-0.05, 0) is 31.5 Å². The van der Waals surface area contributed by atoms with Crippen molar-refractivity contribution < 1.29 is 18.0 Å². The highest BCUT2D eigenvalue weighted by molar-refractivity contribution is 5.98. The largest absolute Gasteiger partial charge is 0.416 e. The molecule has 1 aliphatic rings. The minimum Gasteiger partial charge on any atom is -0.298 e. The number of aryl methyl sites for hydroxylation is 1. The van der Waals surface area contributed by atoms with Gasteiger partial charge in [0.15, 0.2) is 5.78 Å². The Labute approximate surface area is 144 Å². The number of alkyl halides is 3. The van der Waals surface area contributed by atoms with Crippen LogP contribution in [0, 0.1) is 5.92 Å². The molecule has 7 heteroatoms. The van der Waals surface area contributed by atoms with Crippen molar-refractivity contribution in [2.45, 2.75) is 25.6 Å². The predicted molar refractivity (Wildman–Crippen MR) is 87.0 cm³/mol. The van der Waals surface area contributed by atoms with Crippen LogP contribution in [0.1, 0.15) is 34.3 Å². The lowest BCUT2D eigenvalue weighted by atomic mass is 9.89. The summed E-state index contributed by atoms with van der Waals surface area (Å²) in [7, 11) is 1.85. The van der Waals surface area contributed by atoms with Gasteiger partial charge in [-0.2, -0.15) is 18.3 Å². The number of aromatic nitrogens is 2. The number of likely N-dealkylation sites (tertiary alicyclic amines) is 1. The summed E-state index contributed by atoms with van der Waals surface area (Å²) in [5.41, 5.74) is 0.430. The summed E-state index contributed by atoms with van der Waals surface area (Å²) in [6.07, 6.45) is 0.847. The summed E-state index contributed by atoms with van der Waals surface area (Å²) in [5, 5.41) is 4.13. The lowest BCUT2D eigenvalue weighted by molar-refractivity contribution is -0.137. The Morgan fingerprint density at radius 2 is 2.16 bits per heavy atom. The Hall–Kier alpha value is -2.15. The molecule has 0 unspecified atom stereocenters. The average Bonchev–Trinajstić information content (AvgIpc) is 2.98. The van der Waals surface area contributed by atoms with Crippen LogP contribution in [-0.4, -0.2) is 33.6 Å². The van der Waals surface area contributed by atoms with Crippen LogP contribution in [-0.2, 0) is 19.8 Å². The molecular formula is C18H20F3N3O. The standard InChI is InChI=1S/C18H20F3N3O/c1-23-10-13(9-22-23)11-24-7-3-5-15(12-24)17(25)14-4-2-6-16(8-14)18(19,20)21/h2,4,6,8-10,15H,3,5,7,11-12H2,1H3/t15-/m1/s1. The molecule has 1 aromatic heterocycles. The van der Waals surface area contributed by atoms with E-state index in [0.29, 0.717) is 19.5 Å². The van der Waals surface area contributed by atoms with Crippen LogP contribution >= 0.6 is 0 Å². The summed E-state index contributed by atoms with van der Waals surface area (Å²) in [6, 6.07) is 4.72. The van der Waals surface area contributed by atoms with Gasteiger partial charge < -0.3 is 0 Å². The van der Waals surface area contributed by atoms with Crippen molar-refractivity contribution in [3.05, 3.63) is 53.3 Å². The fourth-order valence-electron chi connectivity index (χ4n) is 3.31. The third kappa shape index (κ3) is 4.28. The number of carbonyl (C=O) groups excluding carboxylic acids is 1. The third-order valence-electron chi connectivity index (χ3n) is 4.52. The van der Waals surface area contributed by atoms with E-state index in [0.717, 1.165) is 30.7 Å². The van der Waals surface area contributed by atoms with E-state index in [4.69, 9.17) is 0 Å². The average molecular weight is 351 g/mol. The summed E-state index contributed by atoms with van der Waals surface area (Å²) in [4.78, 5) is 14.8. The predicted octanol–water partition coefficient (Wildman–Crippen LogP) is 3.53. The maximum Gasteiger partial charge on any atom is 0.416 e. The van der Waals surface area contributed by atoms with E-state index in [1.807, 2.05) is 13.2 Å². The van der Waals surface area contributed by atoms with E-state index in [2.05, 4.69) is 10.00 Å². The van der Waals surface area contributed by atoms with Crippen LogP contribution in [0.15, 0.2) is 36.7 Å². The van der Waals surface area contributed by atoms with Gasteiger partial charge in [0.05, 0.1) is 11.8 Å². The first-order valence-electron chi connectivity index (χ1n) is 8.24. The molecule has 4 nitrogen and oxygen atoms in total. The van der Waals surface area contributed by atoms with Crippen molar-refractivity contribution in [3.8, 4) is 0 Å². The monoisotopic (exact) mass is 351 g/mol. The summed E-state index contributed by atoms with van der Waals surface area (Å²) < 4.78 is 40.3. The first-order valence-corrected chi connectivity index (χ1v) is 8.24. The molecule has 1 fully saturated rings. The number of hydrogen-bond acceptors (Lipinski definition) is 3. The lowest BCUT2D eigenvalue weighted by Crippen LogP contribution is -2.38. The Kier molecular flexibility index (Phi) is 4.94. The SMILES string of the molecule is Cn1cc(CN2CCC[C@@H](C(=O)c3cccc(C(F)(F)F)c3)C2)cn1. The summed E-state index contributed by atoms with van der Waals surface area (Å²) in [6.45, 7) is 2.13. The van der Waals surface area contributed by atoms with E-state index in [9.17, 15) is 18.0 Å². The molecule has 3 rings (SSSR count). The molecule has 134 valence electrons. The zero-order chi connectivity index (χ0) is 18.0. The maximum absolute atomic E-state index is 12.9. The molecule has 0 aliphatic carbocycles. The van der Waals surface area contributed by atoms with Crippen LogP contribution in [0.2, 0.25) is 0 Å². The number of halogens is 3. The number of piperidine rings is 1. The van der Waals surface area contributed by atoms with E-state index in [1.165, 1.54) is 12.1 Å². The summed E-state index contributed by atoms with van der Waals surface area (Å²) in [5.74, 6) is -0.476. The van der Waals surface area contributed by atoms with Crippen molar-refractivity contribution in [3.63, 3.8) is 0 Å². The first kappa shape index (κ1) is 17.7. The molecule has 2 aromatic rings. The van der Waals surface area contributed by atoms with Crippen LogP contribution in [0.25, 0.3) is 0 Å². The van der Waals surface area contributed by atoms with Gasteiger partial charge in [0, 0.05) is 43.4 Å². The Balaban J connectivity index is 1.69. The molecule has 0 spiro atoms. The molecule has 25 heavy (non-hydrogen) atoms. The van der Waals surface area contributed by atoms with E-state index in [-0.39, 0.29) is 17.3 Å². The van der Waals surface area contributed by atoms with Crippen LogP contribution in [0.5, 0.6) is 0 Å². The van der Waals surface area contributed by atoms with Crippen LogP contribution in [0.3, 0.4) is 0 Å². The Morgan fingerprint density at radius 1 is 1.36 bits per heavy atom. The van der Waals surface area contributed by atoms with Gasteiger partial charge in [-0.25, -0.2) is 0 Å². The molecule has 1 aromatic carbocycles. The fourth-order valence-corrected chi connectivity index (χ4v) is 3.31. The van der Waals surface area contributed by atoms with Gasteiger partial charge in [0.2, 0.25) is 0 Å². The number of benzene rings is 1. The second-order valence-electron chi connectivity index (χ2n) is 6.54. The van der Waals surface area contributed by atoms with Crippen molar-refractivity contribution in [1.29, 1.82) is 0 Å². The highest BCUT2D eigenvalue weighted by atomic mass is 19.4. The third-order valence-corrected chi connectivity index (χ3v) is 4.52. The number of Topliss-reactive ketones (excluding diaryl/α,β-unsaturated/α-hetero) is 1. The summed E-state index contributed by atoms with van der Waals surface area (Å²) >= 11 is 0. The van der Waals surface area contributed by atoms with Gasteiger partial charge >= 0.3 is 6.18 Å². The zero-order valence-electron chi connectivity index (χ0n) is 14.0. The number of hydrogen-bond donors (Lipinski definition) is 0. The highest BCUT2D eigenvalue weighted by Gasteiger charge is 2.32. The van der Waals surface area contributed by atoms with Crippen molar-refractivity contribution in [1.82, 2.24) is 14.7 Å². The van der Waals surface area contributed by atoms with Gasteiger partial charge in [-0.3, -0.25) is 14.4 Å². The Morgan fingerprint density at radius 3 is 2.84 bits per heavy atom. The number of carbonyl (C=O) groups is 1. The lowest BCUT2D eigenvalue weighted by Gasteiger charge is -2.31. The molecule has 2 heterocycles. The number of rotatable bonds is 4. The van der Waals surface area contributed by atoms with Crippen LogP contribution < -0.4 is 0 Å². The van der Waals surface area contributed by atoms with Gasteiger partial charge in [-0.15, -0.1) is 0 Å². The quantitative estimate of drug-likeness (QED) is 0.791. The Bertz CT molecular complexity index is 754. The van der Waals surface area contributed by atoms with E-state index >= 15 is 0 Å². The molecule has 1 atom stereocenters. The molecule has 0 saturated carbocycles. The molecule has 0 amide bonds. The van der Waals surface area contributed by atoms with Gasteiger partial charge in [0.25, 0.3) is 0 Å². The molecule has 0 N–H and O–H groups in total.